The van der Waals surface area contributed by atoms with Crippen LogP contribution in [0.3, 0.4) is 0 Å². The van der Waals surface area contributed by atoms with Gasteiger partial charge in [0, 0.05) is 19.2 Å². The number of aromatic nitrogens is 2. The van der Waals surface area contributed by atoms with E-state index in [1.807, 2.05) is 0 Å². The van der Waals surface area contributed by atoms with E-state index in [0.717, 1.165) is 6.07 Å². The van der Waals surface area contributed by atoms with Crippen LogP contribution in [0.25, 0.3) is 11.4 Å². The first-order chi connectivity index (χ1) is 9.91. The summed E-state index contributed by atoms with van der Waals surface area (Å²) in [6.45, 7) is 0.693. The van der Waals surface area contributed by atoms with Crippen molar-refractivity contribution < 1.29 is 26.8 Å². The van der Waals surface area contributed by atoms with Crippen LogP contribution in [0.1, 0.15) is 5.56 Å². The summed E-state index contributed by atoms with van der Waals surface area (Å²) < 4.78 is 61.4. The largest absolute Gasteiger partial charge is 0.417 e. The Morgan fingerprint density at radius 2 is 2.10 bits per heavy atom. The van der Waals surface area contributed by atoms with Crippen molar-refractivity contribution in [2.45, 2.75) is 6.18 Å². The third kappa shape index (κ3) is 3.69. The number of rotatable bonds is 5. The molecule has 0 saturated carbocycles. The molecule has 2 rings (SSSR count). The fraction of sp³-hybridized carbons (Fsp3) is 0.333. The van der Waals surface area contributed by atoms with Gasteiger partial charge in [0.25, 0.3) is 0 Å². The molecule has 1 aromatic carbocycles. The number of hydrogen-bond donors (Lipinski definition) is 1. The highest BCUT2D eigenvalue weighted by Gasteiger charge is 2.35. The van der Waals surface area contributed by atoms with Crippen LogP contribution in [0.15, 0.2) is 22.7 Å². The van der Waals surface area contributed by atoms with Crippen molar-refractivity contribution in [3.63, 3.8) is 0 Å². The molecule has 0 radical (unpaired) electrons. The summed E-state index contributed by atoms with van der Waals surface area (Å²) in [5.74, 6) is -1.17. The standard InChI is InChI=1S/C12H11F4N3O2/c1-20-5-4-17-11-18-10(19-21-11)8-6-7(13)2-3-9(8)12(14,15)16/h2-3,6H,4-5H2,1H3,(H,17,18,19). The SMILES string of the molecule is COCCNc1nc(-c2cc(F)ccc2C(F)(F)F)no1. The van der Waals surface area contributed by atoms with E-state index in [1.54, 1.807) is 0 Å². The summed E-state index contributed by atoms with van der Waals surface area (Å²) in [5, 5.41) is 6.09. The summed E-state index contributed by atoms with van der Waals surface area (Å²) >= 11 is 0. The quantitative estimate of drug-likeness (QED) is 0.680. The summed E-state index contributed by atoms with van der Waals surface area (Å²) in [7, 11) is 1.49. The Kier molecular flexibility index (Phi) is 4.41. The Bertz CT molecular complexity index is 613. The highest BCUT2D eigenvalue weighted by molar-refractivity contribution is 5.61. The van der Waals surface area contributed by atoms with Crippen LogP contribution in [0.2, 0.25) is 0 Å². The van der Waals surface area contributed by atoms with Gasteiger partial charge in [-0.2, -0.15) is 18.2 Å². The van der Waals surface area contributed by atoms with Crippen LogP contribution in [0.4, 0.5) is 23.6 Å². The van der Waals surface area contributed by atoms with Crippen molar-refractivity contribution in [3.8, 4) is 11.4 Å². The predicted molar refractivity (Wildman–Crippen MR) is 65.1 cm³/mol. The van der Waals surface area contributed by atoms with E-state index >= 15 is 0 Å². The molecule has 9 heteroatoms. The van der Waals surface area contributed by atoms with Crippen LogP contribution in [0.5, 0.6) is 0 Å². The van der Waals surface area contributed by atoms with Gasteiger partial charge in [-0.3, -0.25) is 0 Å². The molecule has 0 aliphatic carbocycles. The number of nitrogens with one attached hydrogen (secondary N) is 1. The molecular weight excluding hydrogens is 294 g/mol. The van der Waals surface area contributed by atoms with E-state index in [-0.39, 0.29) is 11.8 Å². The summed E-state index contributed by atoms with van der Waals surface area (Å²) in [4.78, 5) is 3.76. The van der Waals surface area contributed by atoms with Gasteiger partial charge in [-0.05, 0) is 18.2 Å². The molecular formula is C12H11F4N3O2. The molecule has 2 aromatic rings. The lowest BCUT2D eigenvalue weighted by Crippen LogP contribution is -2.08. The number of methoxy groups -OCH3 is 1. The number of benzene rings is 1. The molecule has 0 spiro atoms. The van der Waals surface area contributed by atoms with Gasteiger partial charge in [0.05, 0.1) is 12.2 Å². The molecule has 114 valence electrons. The van der Waals surface area contributed by atoms with E-state index < -0.39 is 23.1 Å². The van der Waals surface area contributed by atoms with Crippen LogP contribution in [-0.4, -0.2) is 30.4 Å². The number of nitrogens with zero attached hydrogens (tertiary/aromatic N) is 2. The first-order valence-corrected chi connectivity index (χ1v) is 5.85. The maximum atomic E-state index is 13.2. The first-order valence-electron chi connectivity index (χ1n) is 5.85. The van der Waals surface area contributed by atoms with E-state index in [1.165, 1.54) is 7.11 Å². The van der Waals surface area contributed by atoms with Crippen LogP contribution in [-0.2, 0) is 10.9 Å². The Labute approximate surface area is 116 Å². The zero-order chi connectivity index (χ0) is 15.5. The first kappa shape index (κ1) is 15.2. The molecule has 0 aliphatic heterocycles. The second-order valence-electron chi connectivity index (χ2n) is 4.03. The Balaban J connectivity index is 2.31. The number of hydrogen-bond acceptors (Lipinski definition) is 5. The van der Waals surface area contributed by atoms with Crippen molar-refractivity contribution in [1.29, 1.82) is 0 Å². The molecule has 0 bridgehead atoms. The Morgan fingerprint density at radius 1 is 1.33 bits per heavy atom. The van der Waals surface area contributed by atoms with Crippen molar-refractivity contribution in [3.05, 3.63) is 29.6 Å². The lowest BCUT2D eigenvalue weighted by Gasteiger charge is -2.10. The maximum Gasteiger partial charge on any atom is 0.417 e. The van der Waals surface area contributed by atoms with E-state index in [2.05, 4.69) is 15.5 Å². The molecule has 5 nitrogen and oxygen atoms in total. The number of ether oxygens (including phenoxy) is 1. The molecule has 0 unspecified atom stereocenters. The molecule has 1 N–H and O–H groups in total. The number of halogens is 4. The third-order valence-electron chi connectivity index (χ3n) is 2.54. The van der Waals surface area contributed by atoms with Gasteiger partial charge in [0.2, 0.25) is 5.82 Å². The molecule has 0 aliphatic rings. The van der Waals surface area contributed by atoms with Gasteiger partial charge < -0.3 is 14.6 Å². The van der Waals surface area contributed by atoms with Crippen molar-refractivity contribution in [2.75, 3.05) is 25.6 Å². The average Bonchev–Trinajstić information content (AvgIpc) is 2.86. The molecule has 1 heterocycles. The second-order valence-corrected chi connectivity index (χ2v) is 4.03. The highest BCUT2D eigenvalue weighted by Crippen LogP contribution is 2.36. The van der Waals surface area contributed by atoms with Crippen molar-refractivity contribution >= 4 is 6.01 Å². The van der Waals surface area contributed by atoms with Crippen LogP contribution < -0.4 is 5.32 Å². The maximum absolute atomic E-state index is 13.2. The van der Waals surface area contributed by atoms with Gasteiger partial charge in [-0.1, -0.05) is 5.16 Å². The minimum atomic E-state index is -4.65. The lowest BCUT2D eigenvalue weighted by atomic mass is 10.1. The minimum Gasteiger partial charge on any atom is -0.383 e. The third-order valence-corrected chi connectivity index (χ3v) is 2.54. The zero-order valence-corrected chi connectivity index (χ0v) is 10.9. The molecule has 21 heavy (non-hydrogen) atoms. The van der Waals surface area contributed by atoms with Gasteiger partial charge in [-0.15, -0.1) is 0 Å². The topological polar surface area (TPSA) is 60.2 Å². The monoisotopic (exact) mass is 305 g/mol. The molecule has 0 atom stereocenters. The second kappa shape index (κ2) is 6.08. The Hall–Kier alpha value is -2.16. The molecule has 0 saturated heterocycles. The average molecular weight is 305 g/mol. The summed E-state index contributed by atoms with van der Waals surface area (Å²) in [5.41, 5.74) is -1.51. The fourth-order valence-corrected chi connectivity index (χ4v) is 1.61. The van der Waals surface area contributed by atoms with E-state index in [9.17, 15) is 17.6 Å². The van der Waals surface area contributed by atoms with Gasteiger partial charge in [0.1, 0.15) is 5.82 Å². The zero-order valence-electron chi connectivity index (χ0n) is 10.9. The van der Waals surface area contributed by atoms with Gasteiger partial charge >= 0.3 is 12.2 Å². The van der Waals surface area contributed by atoms with E-state index in [4.69, 9.17) is 9.26 Å². The highest BCUT2D eigenvalue weighted by atomic mass is 19.4. The molecule has 0 fully saturated rings. The molecule has 1 aromatic heterocycles. The number of alkyl halides is 3. The number of anilines is 1. The molecule has 0 amide bonds. The van der Waals surface area contributed by atoms with E-state index in [0.29, 0.717) is 25.3 Å². The fourth-order valence-electron chi connectivity index (χ4n) is 1.61. The predicted octanol–water partition coefficient (Wildman–Crippen LogP) is 2.95. The van der Waals surface area contributed by atoms with Gasteiger partial charge in [-0.25, -0.2) is 4.39 Å². The van der Waals surface area contributed by atoms with Crippen molar-refractivity contribution in [2.24, 2.45) is 0 Å². The van der Waals surface area contributed by atoms with Crippen LogP contribution in [0, 0.1) is 5.82 Å². The summed E-state index contributed by atoms with van der Waals surface area (Å²) in [6, 6.07) is 2.01. The van der Waals surface area contributed by atoms with Crippen LogP contribution >= 0.6 is 0 Å². The smallest absolute Gasteiger partial charge is 0.383 e. The summed E-state index contributed by atoms with van der Waals surface area (Å²) in [6.07, 6.45) is -4.65. The lowest BCUT2D eigenvalue weighted by molar-refractivity contribution is -0.137. The minimum absolute atomic E-state index is 0.0700. The normalized spacial score (nSPS) is 11.7. The van der Waals surface area contributed by atoms with Gasteiger partial charge in [0.15, 0.2) is 0 Å². The Morgan fingerprint density at radius 3 is 2.76 bits per heavy atom. The van der Waals surface area contributed by atoms with Crippen molar-refractivity contribution in [1.82, 2.24) is 10.1 Å².